The van der Waals surface area contributed by atoms with Crippen molar-refractivity contribution in [2.75, 3.05) is 6.61 Å². The number of ether oxygens (including phenoxy) is 1. The molecule has 1 aromatic heterocycles. The first kappa shape index (κ1) is 13.2. The van der Waals surface area contributed by atoms with Crippen molar-refractivity contribution in [1.82, 2.24) is 0 Å². The highest BCUT2D eigenvalue weighted by atomic mass is 16.5. The van der Waals surface area contributed by atoms with E-state index in [0.29, 0.717) is 18.4 Å². The van der Waals surface area contributed by atoms with E-state index in [1.54, 1.807) is 6.26 Å². The van der Waals surface area contributed by atoms with Gasteiger partial charge in [-0.3, -0.25) is 4.79 Å². The fourth-order valence-electron chi connectivity index (χ4n) is 2.62. The van der Waals surface area contributed by atoms with Gasteiger partial charge in [0.25, 0.3) is 0 Å². The molecule has 0 aromatic carbocycles. The second-order valence-electron chi connectivity index (χ2n) is 6.11. The lowest BCUT2D eigenvalue weighted by atomic mass is 9.54. The Morgan fingerprint density at radius 2 is 2.28 bits per heavy atom. The van der Waals surface area contributed by atoms with Crippen LogP contribution in [0.1, 0.15) is 45.8 Å². The van der Waals surface area contributed by atoms with Gasteiger partial charge in [-0.25, -0.2) is 0 Å². The van der Waals surface area contributed by atoms with Crippen LogP contribution in [0.5, 0.6) is 0 Å². The van der Waals surface area contributed by atoms with Gasteiger partial charge >= 0.3 is 5.97 Å². The number of furan rings is 1. The Morgan fingerprint density at radius 1 is 1.56 bits per heavy atom. The topological polar surface area (TPSA) is 39.4 Å². The molecule has 1 aromatic rings. The van der Waals surface area contributed by atoms with Crippen LogP contribution in [0.25, 0.3) is 0 Å². The van der Waals surface area contributed by atoms with E-state index in [0.717, 1.165) is 12.2 Å². The highest BCUT2D eigenvalue weighted by Crippen LogP contribution is 2.56. The zero-order chi connectivity index (χ0) is 13.3. The van der Waals surface area contributed by atoms with E-state index < -0.39 is 0 Å². The first-order chi connectivity index (χ1) is 8.43. The van der Waals surface area contributed by atoms with Gasteiger partial charge < -0.3 is 9.15 Å². The third-order valence-corrected chi connectivity index (χ3v) is 4.26. The molecular formula is C15H22O3. The summed E-state index contributed by atoms with van der Waals surface area (Å²) >= 11 is 0. The van der Waals surface area contributed by atoms with Gasteiger partial charge in [-0.2, -0.15) is 0 Å². The lowest BCUT2D eigenvalue weighted by Gasteiger charge is -2.51. The summed E-state index contributed by atoms with van der Waals surface area (Å²) in [5, 5.41) is 0. The van der Waals surface area contributed by atoms with E-state index >= 15 is 0 Å². The number of carbonyl (C=O) groups is 1. The first-order valence-electron chi connectivity index (χ1n) is 6.63. The van der Waals surface area contributed by atoms with Crippen molar-refractivity contribution in [3.8, 4) is 0 Å². The summed E-state index contributed by atoms with van der Waals surface area (Å²) in [5.74, 6) is 1.76. The number of hydrogen-bond donors (Lipinski definition) is 0. The lowest BCUT2D eigenvalue weighted by Crippen LogP contribution is -2.45. The van der Waals surface area contributed by atoms with Gasteiger partial charge in [-0.05, 0) is 29.9 Å². The van der Waals surface area contributed by atoms with Crippen LogP contribution in [0, 0.1) is 17.3 Å². The van der Waals surface area contributed by atoms with Crippen molar-refractivity contribution in [2.24, 2.45) is 17.3 Å². The molecule has 100 valence electrons. The minimum absolute atomic E-state index is 0.0472. The van der Waals surface area contributed by atoms with Crippen LogP contribution in [0.2, 0.25) is 0 Å². The minimum Gasteiger partial charge on any atom is -0.469 e. The molecule has 0 aliphatic heterocycles. The summed E-state index contributed by atoms with van der Waals surface area (Å²) in [5.41, 5.74) is 0.134. The van der Waals surface area contributed by atoms with E-state index in [1.807, 2.05) is 26.0 Å². The molecule has 18 heavy (non-hydrogen) atoms. The van der Waals surface area contributed by atoms with E-state index in [4.69, 9.17) is 9.15 Å². The fourth-order valence-corrected chi connectivity index (χ4v) is 2.62. The highest BCUT2D eigenvalue weighted by molar-refractivity contribution is 5.71. The standard InChI is InChI=1S/C15H22O3/c1-10(2)14(16)18-9-11-8-12(15(11,3)4)13-6-5-7-17-13/h5-7,10-12H,8-9H2,1-4H3. The van der Waals surface area contributed by atoms with Crippen molar-refractivity contribution >= 4 is 5.97 Å². The number of rotatable bonds is 4. The fraction of sp³-hybridized carbons (Fsp3) is 0.667. The van der Waals surface area contributed by atoms with E-state index in [9.17, 15) is 4.79 Å². The maximum absolute atomic E-state index is 11.5. The maximum atomic E-state index is 11.5. The maximum Gasteiger partial charge on any atom is 0.308 e. The molecule has 0 spiro atoms. The highest BCUT2D eigenvalue weighted by Gasteiger charge is 2.50. The van der Waals surface area contributed by atoms with Gasteiger partial charge in [-0.1, -0.05) is 27.7 Å². The molecule has 3 nitrogen and oxygen atoms in total. The second kappa shape index (κ2) is 4.79. The summed E-state index contributed by atoms with van der Waals surface area (Å²) < 4.78 is 10.8. The van der Waals surface area contributed by atoms with Gasteiger partial charge in [0, 0.05) is 5.92 Å². The molecule has 2 unspecified atom stereocenters. The Bertz CT molecular complexity index is 403. The average Bonchev–Trinajstić information content (AvgIpc) is 2.80. The third-order valence-electron chi connectivity index (χ3n) is 4.26. The normalized spacial score (nSPS) is 25.8. The van der Waals surface area contributed by atoms with Crippen LogP contribution in [0.4, 0.5) is 0 Å². The van der Waals surface area contributed by atoms with E-state index in [2.05, 4.69) is 13.8 Å². The quantitative estimate of drug-likeness (QED) is 0.766. The zero-order valence-corrected chi connectivity index (χ0v) is 11.6. The van der Waals surface area contributed by atoms with Crippen LogP contribution in [-0.4, -0.2) is 12.6 Å². The summed E-state index contributed by atoms with van der Waals surface area (Å²) in [7, 11) is 0. The monoisotopic (exact) mass is 250 g/mol. The molecule has 1 fully saturated rings. The van der Waals surface area contributed by atoms with Gasteiger partial charge in [0.2, 0.25) is 0 Å². The Labute approximate surface area is 109 Å². The molecule has 1 saturated carbocycles. The molecule has 2 rings (SSSR count). The molecule has 0 bridgehead atoms. The van der Waals surface area contributed by atoms with Gasteiger partial charge in [0.05, 0.1) is 18.8 Å². The van der Waals surface area contributed by atoms with Gasteiger partial charge in [0.1, 0.15) is 5.76 Å². The molecule has 0 N–H and O–H groups in total. The van der Waals surface area contributed by atoms with Crippen LogP contribution in [0.15, 0.2) is 22.8 Å². The van der Waals surface area contributed by atoms with E-state index in [1.165, 1.54) is 0 Å². The van der Waals surface area contributed by atoms with Crippen molar-refractivity contribution in [2.45, 2.75) is 40.0 Å². The van der Waals surface area contributed by atoms with E-state index in [-0.39, 0.29) is 17.3 Å². The number of carbonyl (C=O) groups excluding carboxylic acids is 1. The van der Waals surface area contributed by atoms with Crippen LogP contribution in [-0.2, 0) is 9.53 Å². The predicted octanol–water partition coefficient (Wildman–Crippen LogP) is 3.61. The molecule has 0 radical (unpaired) electrons. The molecule has 2 atom stereocenters. The Kier molecular flexibility index (Phi) is 3.51. The van der Waals surface area contributed by atoms with Crippen molar-refractivity contribution < 1.29 is 13.9 Å². The summed E-state index contributed by atoms with van der Waals surface area (Å²) in [4.78, 5) is 11.5. The summed E-state index contributed by atoms with van der Waals surface area (Å²) in [6.07, 6.45) is 2.75. The molecular weight excluding hydrogens is 228 g/mol. The van der Waals surface area contributed by atoms with Crippen molar-refractivity contribution in [1.29, 1.82) is 0 Å². The van der Waals surface area contributed by atoms with Crippen LogP contribution < -0.4 is 0 Å². The first-order valence-corrected chi connectivity index (χ1v) is 6.63. The molecule has 1 aliphatic carbocycles. The zero-order valence-electron chi connectivity index (χ0n) is 11.6. The van der Waals surface area contributed by atoms with Gasteiger partial charge in [0.15, 0.2) is 0 Å². The summed E-state index contributed by atoms with van der Waals surface area (Å²) in [6, 6.07) is 3.96. The van der Waals surface area contributed by atoms with Gasteiger partial charge in [-0.15, -0.1) is 0 Å². The molecule has 1 aliphatic rings. The molecule has 0 saturated heterocycles. The van der Waals surface area contributed by atoms with Crippen molar-refractivity contribution in [3.05, 3.63) is 24.2 Å². The minimum atomic E-state index is -0.104. The smallest absolute Gasteiger partial charge is 0.308 e. The Hall–Kier alpha value is -1.25. The molecule has 1 heterocycles. The second-order valence-corrected chi connectivity index (χ2v) is 6.11. The lowest BCUT2D eigenvalue weighted by molar-refractivity contribution is -0.153. The van der Waals surface area contributed by atoms with Crippen molar-refractivity contribution in [3.63, 3.8) is 0 Å². The largest absolute Gasteiger partial charge is 0.469 e. The Morgan fingerprint density at radius 3 is 2.78 bits per heavy atom. The summed E-state index contributed by atoms with van der Waals surface area (Å²) in [6.45, 7) is 8.69. The molecule has 3 heteroatoms. The third kappa shape index (κ3) is 2.31. The van der Waals surface area contributed by atoms with Crippen LogP contribution >= 0.6 is 0 Å². The predicted molar refractivity (Wildman–Crippen MR) is 69.1 cm³/mol. The Balaban J connectivity index is 1.89. The number of esters is 1. The SMILES string of the molecule is CC(C)C(=O)OCC1CC(c2ccco2)C1(C)C. The average molecular weight is 250 g/mol. The molecule has 0 amide bonds. The number of hydrogen-bond acceptors (Lipinski definition) is 3. The van der Waals surface area contributed by atoms with Crippen LogP contribution in [0.3, 0.4) is 0 Å².